The summed E-state index contributed by atoms with van der Waals surface area (Å²) in [6.07, 6.45) is 4.67. The summed E-state index contributed by atoms with van der Waals surface area (Å²) in [4.78, 5) is 12.4. The monoisotopic (exact) mass is 369 g/mol. The number of aromatic nitrogens is 3. The van der Waals surface area contributed by atoms with E-state index in [1.165, 1.54) is 0 Å². The van der Waals surface area contributed by atoms with E-state index in [-0.39, 0.29) is 37.9 Å². The average Bonchev–Trinajstić information content (AvgIpc) is 3.46. The molecule has 4 aromatic heterocycles. The minimum atomic E-state index is 0.0466. The predicted octanol–water partition coefficient (Wildman–Crippen LogP) is 3.39. The largest absolute Gasteiger partial charge is 0.466 e. The second-order valence-corrected chi connectivity index (χ2v) is 5.29. The molecule has 0 saturated carbocycles. The molecule has 9 nitrogen and oxygen atoms in total. The number of nitrogens with zero attached hydrogens (tertiary/aromatic N) is 3. The Kier molecular flexibility index (Phi) is 5.00. The molecule has 0 bridgehead atoms. The van der Waals surface area contributed by atoms with Gasteiger partial charge in [-0.1, -0.05) is 0 Å². The number of rotatable bonds is 9. The van der Waals surface area contributed by atoms with E-state index in [4.69, 9.17) is 27.5 Å². The standard InChI is InChI=1S/C18H15N3O6/c1-4-13(22-7-1)10-25-16-19-17(26-11-14-5-2-8-23-14)21-18(20-16)27-12-15-6-3-9-24-15/h1-9H,10-12H2. The third kappa shape index (κ3) is 4.66. The van der Waals surface area contributed by atoms with Crippen LogP contribution in [0.25, 0.3) is 0 Å². The lowest BCUT2D eigenvalue weighted by molar-refractivity contribution is 0.200. The zero-order chi connectivity index (χ0) is 18.3. The van der Waals surface area contributed by atoms with Crippen LogP contribution < -0.4 is 14.2 Å². The molecule has 4 aromatic rings. The third-order valence-corrected chi connectivity index (χ3v) is 3.34. The summed E-state index contributed by atoms with van der Waals surface area (Å²) in [5.74, 6) is 1.89. The maximum absolute atomic E-state index is 5.54. The van der Waals surface area contributed by atoms with E-state index in [2.05, 4.69) is 15.0 Å². The van der Waals surface area contributed by atoms with E-state index in [0.29, 0.717) is 17.3 Å². The Morgan fingerprint density at radius 2 is 0.889 bits per heavy atom. The second kappa shape index (κ2) is 8.09. The van der Waals surface area contributed by atoms with Crippen molar-refractivity contribution >= 4 is 0 Å². The zero-order valence-corrected chi connectivity index (χ0v) is 14.1. The van der Waals surface area contributed by atoms with Gasteiger partial charge in [0.1, 0.15) is 37.1 Å². The highest BCUT2D eigenvalue weighted by Gasteiger charge is 2.12. The van der Waals surface area contributed by atoms with Gasteiger partial charge in [-0.05, 0) is 36.4 Å². The van der Waals surface area contributed by atoms with Gasteiger partial charge in [-0.25, -0.2) is 0 Å². The molecule has 0 radical (unpaired) electrons. The van der Waals surface area contributed by atoms with Gasteiger partial charge in [0.2, 0.25) is 0 Å². The fourth-order valence-electron chi connectivity index (χ4n) is 2.11. The molecule has 0 amide bonds. The van der Waals surface area contributed by atoms with Crippen LogP contribution in [-0.4, -0.2) is 15.0 Å². The zero-order valence-electron chi connectivity index (χ0n) is 14.1. The van der Waals surface area contributed by atoms with Crippen molar-refractivity contribution in [2.45, 2.75) is 19.8 Å². The van der Waals surface area contributed by atoms with Crippen molar-refractivity contribution in [2.24, 2.45) is 0 Å². The molecule has 0 spiro atoms. The lowest BCUT2D eigenvalue weighted by Gasteiger charge is -2.08. The van der Waals surface area contributed by atoms with E-state index in [1.807, 2.05) is 0 Å². The van der Waals surface area contributed by atoms with Crippen molar-refractivity contribution in [1.29, 1.82) is 0 Å². The maximum atomic E-state index is 5.54. The highest BCUT2D eigenvalue weighted by Crippen LogP contribution is 2.18. The first kappa shape index (κ1) is 16.7. The molecular weight excluding hydrogens is 354 g/mol. The van der Waals surface area contributed by atoms with Gasteiger partial charge in [0.05, 0.1) is 18.8 Å². The Morgan fingerprint density at radius 3 is 1.15 bits per heavy atom. The van der Waals surface area contributed by atoms with Gasteiger partial charge in [-0.2, -0.15) is 0 Å². The van der Waals surface area contributed by atoms with E-state index in [9.17, 15) is 0 Å². The quantitative estimate of drug-likeness (QED) is 0.439. The molecule has 27 heavy (non-hydrogen) atoms. The van der Waals surface area contributed by atoms with Crippen molar-refractivity contribution < 1.29 is 27.5 Å². The van der Waals surface area contributed by atoms with Crippen LogP contribution in [0.15, 0.2) is 68.4 Å². The molecule has 9 heteroatoms. The Labute approximate surface area is 153 Å². The fraction of sp³-hybridized carbons (Fsp3) is 0.167. The van der Waals surface area contributed by atoms with Crippen LogP contribution in [0.1, 0.15) is 17.3 Å². The Hall–Kier alpha value is -3.75. The first-order chi connectivity index (χ1) is 13.3. The van der Waals surface area contributed by atoms with Crippen molar-refractivity contribution in [2.75, 3.05) is 0 Å². The third-order valence-electron chi connectivity index (χ3n) is 3.34. The second-order valence-electron chi connectivity index (χ2n) is 5.29. The lowest BCUT2D eigenvalue weighted by Crippen LogP contribution is -2.07. The first-order valence-corrected chi connectivity index (χ1v) is 8.07. The number of furan rings is 3. The van der Waals surface area contributed by atoms with Gasteiger partial charge < -0.3 is 27.5 Å². The SMILES string of the molecule is c1coc(COc2nc(OCc3ccco3)nc(OCc3ccco3)n2)c1. The van der Waals surface area contributed by atoms with Crippen LogP contribution in [0, 0.1) is 0 Å². The van der Waals surface area contributed by atoms with Crippen molar-refractivity contribution in [3.05, 3.63) is 72.5 Å². The summed E-state index contributed by atoms with van der Waals surface area (Å²) < 4.78 is 32.3. The van der Waals surface area contributed by atoms with Crippen LogP contribution in [0.5, 0.6) is 18.0 Å². The van der Waals surface area contributed by atoms with Crippen LogP contribution >= 0.6 is 0 Å². The van der Waals surface area contributed by atoms with Crippen molar-refractivity contribution in [1.82, 2.24) is 15.0 Å². The smallest absolute Gasteiger partial charge is 0.326 e. The van der Waals surface area contributed by atoms with Crippen LogP contribution in [0.3, 0.4) is 0 Å². The summed E-state index contributed by atoms with van der Waals surface area (Å²) in [6, 6.07) is 10.8. The van der Waals surface area contributed by atoms with Gasteiger partial charge in [0.25, 0.3) is 0 Å². The van der Waals surface area contributed by atoms with Crippen molar-refractivity contribution in [3.63, 3.8) is 0 Å². The molecule has 4 rings (SSSR count). The Balaban J connectivity index is 1.47. The highest BCUT2D eigenvalue weighted by molar-refractivity contribution is 5.11. The normalized spacial score (nSPS) is 10.7. The summed E-state index contributed by atoms with van der Waals surface area (Å²) in [7, 11) is 0. The molecule has 0 aliphatic heterocycles. The minimum absolute atomic E-state index is 0.0466. The lowest BCUT2D eigenvalue weighted by atomic mass is 10.5. The summed E-state index contributed by atoms with van der Waals surface area (Å²) in [5, 5.41) is 0. The van der Waals surface area contributed by atoms with Crippen molar-refractivity contribution in [3.8, 4) is 18.0 Å². The number of ether oxygens (including phenoxy) is 3. The summed E-state index contributed by atoms with van der Waals surface area (Å²) >= 11 is 0. The van der Waals surface area contributed by atoms with E-state index >= 15 is 0 Å². The molecule has 0 saturated heterocycles. The Bertz CT molecular complexity index is 799. The summed E-state index contributed by atoms with van der Waals surface area (Å²) in [6.45, 7) is 0.477. The molecule has 0 atom stereocenters. The van der Waals surface area contributed by atoms with Gasteiger partial charge >= 0.3 is 18.0 Å². The molecule has 0 aliphatic carbocycles. The molecule has 0 aliphatic rings. The molecular formula is C18H15N3O6. The van der Waals surface area contributed by atoms with E-state index < -0.39 is 0 Å². The van der Waals surface area contributed by atoms with Gasteiger partial charge in [-0.15, -0.1) is 15.0 Å². The molecule has 4 heterocycles. The topological polar surface area (TPSA) is 106 Å². The van der Waals surface area contributed by atoms with Crippen LogP contribution in [-0.2, 0) is 19.8 Å². The maximum Gasteiger partial charge on any atom is 0.326 e. The first-order valence-electron chi connectivity index (χ1n) is 8.07. The predicted molar refractivity (Wildman–Crippen MR) is 88.9 cm³/mol. The molecule has 0 fully saturated rings. The van der Waals surface area contributed by atoms with Gasteiger partial charge in [0.15, 0.2) is 0 Å². The number of hydrogen-bond acceptors (Lipinski definition) is 9. The van der Waals surface area contributed by atoms with Crippen LogP contribution in [0.2, 0.25) is 0 Å². The van der Waals surface area contributed by atoms with E-state index in [0.717, 1.165) is 0 Å². The fourth-order valence-corrected chi connectivity index (χ4v) is 2.11. The minimum Gasteiger partial charge on any atom is -0.466 e. The number of hydrogen-bond donors (Lipinski definition) is 0. The Morgan fingerprint density at radius 1 is 0.556 bits per heavy atom. The van der Waals surface area contributed by atoms with Crippen LogP contribution in [0.4, 0.5) is 0 Å². The van der Waals surface area contributed by atoms with E-state index in [1.54, 1.807) is 55.2 Å². The highest BCUT2D eigenvalue weighted by atomic mass is 16.5. The molecule has 0 N–H and O–H groups in total. The molecule has 138 valence electrons. The molecule has 0 unspecified atom stereocenters. The average molecular weight is 369 g/mol. The summed E-state index contributed by atoms with van der Waals surface area (Å²) in [5.41, 5.74) is 0. The molecule has 0 aromatic carbocycles. The van der Waals surface area contributed by atoms with Gasteiger partial charge in [-0.3, -0.25) is 0 Å². The van der Waals surface area contributed by atoms with Gasteiger partial charge in [0, 0.05) is 0 Å².